The third-order valence-corrected chi connectivity index (χ3v) is 4.54. The molecule has 0 bridgehead atoms. The molecule has 0 radical (unpaired) electrons. The molecular weight excluding hydrogens is 292 g/mol. The van der Waals surface area contributed by atoms with Crippen LogP contribution in [-0.4, -0.2) is 22.6 Å². The zero-order chi connectivity index (χ0) is 15.8. The molecular formula is C18H20N2O3. The van der Waals surface area contributed by atoms with Crippen LogP contribution < -0.4 is 5.76 Å². The lowest BCUT2D eigenvalue weighted by atomic mass is 10.1. The number of para-hydroxylation sites is 2. The summed E-state index contributed by atoms with van der Waals surface area (Å²) in [7, 11) is 0. The summed E-state index contributed by atoms with van der Waals surface area (Å²) in [5.41, 5.74) is 1.55. The lowest BCUT2D eigenvalue weighted by Crippen LogP contribution is -2.38. The number of aryl methyl sites for hydroxylation is 1. The second-order valence-electron chi connectivity index (χ2n) is 6.25. The van der Waals surface area contributed by atoms with Crippen molar-refractivity contribution < 1.29 is 8.83 Å². The second-order valence-corrected chi connectivity index (χ2v) is 6.25. The van der Waals surface area contributed by atoms with Crippen LogP contribution in [0.5, 0.6) is 0 Å². The summed E-state index contributed by atoms with van der Waals surface area (Å²) >= 11 is 0. The van der Waals surface area contributed by atoms with Gasteiger partial charge in [-0.05, 0) is 50.6 Å². The minimum atomic E-state index is -0.258. The molecule has 1 aliphatic rings. The van der Waals surface area contributed by atoms with Gasteiger partial charge < -0.3 is 8.83 Å². The molecule has 1 saturated heterocycles. The monoisotopic (exact) mass is 312 g/mol. The number of fused-ring (bicyclic) bond motifs is 1. The summed E-state index contributed by atoms with van der Waals surface area (Å²) in [6, 6.07) is 11.8. The van der Waals surface area contributed by atoms with E-state index in [2.05, 4.69) is 4.90 Å². The van der Waals surface area contributed by atoms with E-state index in [1.807, 2.05) is 47.9 Å². The molecule has 0 N–H and O–H groups in total. The molecule has 1 aromatic carbocycles. The average Bonchev–Trinajstić information content (AvgIpc) is 3.09. The first-order valence-corrected chi connectivity index (χ1v) is 8.08. The third kappa shape index (κ3) is 2.72. The molecule has 0 unspecified atom stereocenters. The van der Waals surface area contributed by atoms with Gasteiger partial charge in [-0.25, -0.2) is 4.79 Å². The zero-order valence-electron chi connectivity index (χ0n) is 13.2. The quantitative estimate of drug-likeness (QED) is 0.744. The van der Waals surface area contributed by atoms with Crippen LogP contribution in [0.25, 0.3) is 11.1 Å². The Bertz CT molecular complexity index is 874. The van der Waals surface area contributed by atoms with E-state index in [-0.39, 0.29) is 11.8 Å². The molecule has 1 aliphatic heterocycles. The van der Waals surface area contributed by atoms with Crippen molar-refractivity contribution in [2.45, 2.75) is 32.4 Å². The van der Waals surface area contributed by atoms with Crippen LogP contribution in [0, 0.1) is 6.92 Å². The molecule has 0 amide bonds. The van der Waals surface area contributed by atoms with Gasteiger partial charge in [0.05, 0.1) is 18.1 Å². The number of hydrogen-bond donors (Lipinski definition) is 0. The Labute approximate surface area is 134 Å². The zero-order valence-corrected chi connectivity index (χ0v) is 13.2. The summed E-state index contributed by atoms with van der Waals surface area (Å²) in [5, 5.41) is 0. The highest BCUT2D eigenvalue weighted by molar-refractivity contribution is 5.72. The molecule has 3 aromatic rings. The van der Waals surface area contributed by atoms with E-state index >= 15 is 0 Å². The standard InChI is InChI=1S/C18H20N2O3/c1-13-8-9-15(22-13)12-19-10-4-5-14(11-19)20-16-6-2-3-7-17(16)23-18(20)21/h2-3,6-9,14H,4-5,10-12H2,1H3/t14-/m1/s1. The third-order valence-electron chi connectivity index (χ3n) is 4.54. The average molecular weight is 312 g/mol. The smallest absolute Gasteiger partial charge is 0.420 e. The van der Waals surface area contributed by atoms with E-state index in [4.69, 9.17) is 8.83 Å². The number of benzene rings is 1. The summed E-state index contributed by atoms with van der Waals surface area (Å²) in [6.07, 6.45) is 2.06. The van der Waals surface area contributed by atoms with Gasteiger partial charge in [0.2, 0.25) is 0 Å². The Morgan fingerprint density at radius 1 is 1.17 bits per heavy atom. The first kappa shape index (κ1) is 14.3. The van der Waals surface area contributed by atoms with Gasteiger partial charge in [0.25, 0.3) is 0 Å². The Morgan fingerprint density at radius 2 is 2.04 bits per heavy atom. The molecule has 0 aliphatic carbocycles. The largest absolute Gasteiger partial charge is 0.465 e. The van der Waals surface area contributed by atoms with E-state index in [0.29, 0.717) is 5.58 Å². The summed E-state index contributed by atoms with van der Waals surface area (Å²) < 4.78 is 12.9. The number of oxazole rings is 1. The van der Waals surface area contributed by atoms with Crippen LogP contribution in [0.4, 0.5) is 0 Å². The number of hydrogen-bond acceptors (Lipinski definition) is 4. The van der Waals surface area contributed by atoms with Gasteiger partial charge in [-0.2, -0.15) is 0 Å². The molecule has 0 spiro atoms. The van der Waals surface area contributed by atoms with Gasteiger partial charge >= 0.3 is 5.76 Å². The Hall–Kier alpha value is -2.27. The maximum absolute atomic E-state index is 12.3. The highest BCUT2D eigenvalue weighted by Crippen LogP contribution is 2.26. The lowest BCUT2D eigenvalue weighted by molar-refractivity contribution is 0.157. The summed E-state index contributed by atoms with van der Waals surface area (Å²) in [4.78, 5) is 14.6. The number of furan rings is 1. The summed E-state index contributed by atoms with van der Waals surface area (Å²) in [6.45, 7) is 4.61. The summed E-state index contributed by atoms with van der Waals surface area (Å²) in [5.74, 6) is 1.66. The van der Waals surface area contributed by atoms with Crippen LogP contribution >= 0.6 is 0 Å². The number of nitrogens with zero attached hydrogens (tertiary/aromatic N) is 2. The fraction of sp³-hybridized carbons (Fsp3) is 0.389. The van der Waals surface area contributed by atoms with Crippen molar-refractivity contribution in [3.8, 4) is 0 Å². The van der Waals surface area contributed by atoms with Crippen molar-refractivity contribution in [2.24, 2.45) is 0 Å². The second kappa shape index (κ2) is 5.74. The molecule has 120 valence electrons. The molecule has 1 fully saturated rings. The topological polar surface area (TPSA) is 51.5 Å². The molecule has 2 aromatic heterocycles. The van der Waals surface area contributed by atoms with Gasteiger partial charge in [-0.15, -0.1) is 0 Å². The molecule has 1 atom stereocenters. The maximum Gasteiger partial charge on any atom is 0.420 e. The van der Waals surface area contributed by atoms with Gasteiger partial charge in [-0.3, -0.25) is 9.47 Å². The van der Waals surface area contributed by atoms with E-state index in [9.17, 15) is 4.79 Å². The Morgan fingerprint density at radius 3 is 2.87 bits per heavy atom. The van der Waals surface area contributed by atoms with Crippen molar-refractivity contribution in [1.82, 2.24) is 9.47 Å². The fourth-order valence-corrected chi connectivity index (χ4v) is 3.51. The molecule has 5 heteroatoms. The van der Waals surface area contributed by atoms with E-state index in [1.165, 1.54) is 0 Å². The van der Waals surface area contributed by atoms with Gasteiger partial charge in [0.1, 0.15) is 11.5 Å². The minimum absolute atomic E-state index is 0.149. The highest BCUT2D eigenvalue weighted by Gasteiger charge is 2.25. The number of aromatic nitrogens is 1. The van der Waals surface area contributed by atoms with Crippen molar-refractivity contribution in [3.05, 3.63) is 58.5 Å². The van der Waals surface area contributed by atoms with Crippen LogP contribution in [0.1, 0.15) is 30.4 Å². The van der Waals surface area contributed by atoms with E-state index in [1.54, 1.807) is 0 Å². The van der Waals surface area contributed by atoms with Crippen molar-refractivity contribution in [1.29, 1.82) is 0 Å². The van der Waals surface area contributed by atoms with Gasteiger partial charge in [0, 0.05) is 6.54 Å². The van der Waals surface area contributed by atoms with Gasteiger partial charge in [-0.1, -0.05) is 12.1 Å². The highest BCUT2D eigenvalue weighted by atomic mass is 16.4. The Balaban J connectivity index is 1.59. The van der Waals surface area contributed by atoms with Crippen LogP contribution in [0.3, 0.4) is 0 Å². The normalized spacial score (nSPS) is 19.4. The number of likely N-dealkylation sites (tertiary alicyclic amines) is 1. The predicted octanol–water partition coefficient (Wildman–Crippen LogP) is 3.33. The van der Waals surface area contributed by atoms with E-state index in [0.717, 1.165) is 49.5 Å². The fourth-order valence-electron chi connectivity index (χ4n) is 3.51. The molecule has 0 saturated carbocycles. The van der Waals surface area contributed by atoms with Crippen LogP contribution in [0.2, 0.25) is 0 Å². The molecule has 4 rings (SSSR count). The van der Waals surface area contributed by atoms with Crippen molar-refractivity contribution in [3.63, 3.8) is 0 Å². The number of rotatable bonds is 3. The number of piperidine rings is 1. The first-order valence-electron chi connectivity index (χ1n) is 8.08. The first-order chi connectivity index (χ1) is 11.2. The van der Waals surface area contributed by atoms with Crippen molar-refractivity contribution >= 4 is 11.1 Å². The molecule has 23 heavy (non-hydrogen) atoms. The molecule has 5 nitrogen and oxygen atoms in total. The maximum atomic E-state index is 12.3. The predicted molar refractivity (Wildman–Crippen MR) is 87.5 cm³/mol. The van der Waals surface area contributed by atoms with Gasteiger partial charge in [0.15, 0.2) is 5.58 Å². The molecule has 3 heterocycles. The minimum Gasteiger partial charge on any atom is -0.465 e. The van der Waals surface area contributed by atoms with Crippen LogP contribution in [0.15, 0.2) is 50.0 Å². The Kier molecular flexibility index (Phi) is 3.58. The SMILES string of the molecule is Cc1ccc(CN2CCC[C@@H](n3c(=O)oc4ccccc43)C2)o1. The lowest BCUT2D eigenvalue weighted by Gasteiger charge is -2.32. The van der Waals surface area contributed by atoms with E-state index < -0.39 is 0 Å². The van der Waals surface area contributed by atoms with Crippen molar-refractivity contribution in [2.75, 3.05) is 13.1 Å². The van der Waals surface area contributed by atoms with Crippen LogP contribution in [-0.2, 0) is 6.54 Å².